The fourth-order valence-electron chi connectivity index (χ4n) is 7.85. The molecule has 1 N–H and O–H groups in total. The molecule has 4 aliphatic rings. The highest BCUT2D eigenvalue weighted by molar-refractivity contribution is 5.70. The largest absolute Gasteiger partial charge is 0.472 e. The highest BCUT2D eigenvalue weighted by atomic mass is 16.8. The number of esters is 9. The molecular formula is C39H52O24. The molecule has 63 heavy (non-hydrogen) atoms. The Balaban J connectivity index is 1.85. The van der Waals surface area contributed by atoms with Gasteiger partial charge in [0.05, 0.1) is 18.3 Å². The Hall–Kier alpha value is -5.43. The molecule has 2 saturated heterocycles. The standard InChI is InChI=1S/C39H52O24/c1-15-28(54-18(4)42)31(56-20(6)44)33(58-22(8)46)37(53-15)62-29-25-11-12-50-36(27(25)39(49,14-52-17(3)41)35(29)60-24(10)48)63-38-34(59-23(9)47)32(57-21(7)45)30(55-19(5)43)26(61-38)13-51-16(2)40/h11-12,15,25-38,49H,13-14H2,1-10H3/t15-,25+,26+,27+,28-,29-,30+,31+,32-,33+,34+,35-,36-,37-,38-,39-/m0/s1. The van der Waals surface area contributed by atoms with Gasteiger partial charge < -0.3 is 71.4 Å². The van der Waals surface area contributed by atoms with Gasteiger partial charge in [0, 0.05) is 68.2 Å². The van der Waals surface area contributed by atoms with Gasteiger partial charge in [-0.25, -0.2) is 0 Å². The third-order valence-electron chi connectivity index (χ3n) is 9.91. The maximum Gasteiger partial charge on any atom is 0.303 e. The van der Waals surface area contributed by atoms with Crippen LogP contribution in [0.5, 0.6) is 0 Å². The molecule has 1 saturated carbocycles. The summed E-state index contributed by atoms with van der Waals surface area (Å²) in [5.74, 6) is -10.8. The minimum Gasteiger partial charge on any atom is -0.472 e. The monoisotopic (exact) mass is 904 g/mol. The van der Waals surface area contributed by atoms with E-state index in [0.717, 1.165) is 68.6 Å². The van der Waals surface area contributed by atoms with Crippen molar-refractivity contribution in [2.75, 3.05) is 13.2 Å². The second kappa shape index (κ2) is 21.3. The minimum absolute atomic E-state index is 0.619. The lowest BCUT2D eigenvalue weighted by Gasteiger charge is -2.46. The van der Waals surface area contributed by atoms with Gasteiger partial charge in [-0.05, 0) is 13.0 Å². The molecule has 352 valence electrons. The van der Waals surface area contributed by atoms with Crippen molar-refractivity contribution in [1.29, 1.82) is 0 Å². The summed E-state index contributed by atoms with van der Waals surface area (Å²) in [6.45, 7) is 9.23. The van der Waals surface area contributed by atoms with Crippen molar-refractivity contribution < 1.29 is 115 Å². The van der Waals surface area contributed by atoms with E-state index < -0.39 is 164 Å². The summed E-state index contributed by atoms with van der Waals surface area (Å²) >= 11 is 0. The molecule has 0 spiro atoms. The van der Waals surface area contributed by atoms with Crippen molar-refractivity contribution in [3.05, 3.63) is 12.3 Å². The molecule has 0 amide bonds. The Morgan fingerprint density at radius 2 is 0.952 bits per heavy atom. The summed E-state index contributed by atoms with van der Waals surface area (Å²) in [4.78, 5) is 111. The lowest BCUT2D eigenvalue weighted by atomic mass is 9.83. The van der Waals surface area contributed by atoms with Crippen molar-refractivity contribution in [2.24, 2.45) is 11.8 Å². The Bertz CT molecular complexity index is 1780. The fraction of sp³-hybridized carbons (Fsp3) is 0.718. The molecule has 0 aromatic carbocycles. The molecule has 0 unspecified atom stereocenters. The quantitative estimate of drug-likeness (QED) is 0.158. The predicted octanol–water partition coefficient (Wildman–Crippen LogP) is -0.647. The maximum atomic E-state index is 12.8. The average Bonchev–Trinajstić information content (AvgIpc) is 3.37. The van der Waals surface area contributed by atoms with Crippen LogP contribution in [0.15, 0.2) is 12.3 Å². The van der Waals surface area contributed by atoms with Gasteiger partial charge in [0.2, 0.25) is 12.6 Å². The zero-order valence-electron chi connectivity index (χ0n) is 36.1. The molecule has 16 atom stereocenters. The molecule has 4 rings (SSSR count). The van der Waals surface area contributed by atoms with E-state index in [-0.39, 0.29) is 0 Å². The number of carbonyl (C=O) groups excluding carboxylic acids is 9. The van der Waals surface area contributed by atoms with Crippen LogP contribution in [0.4, 0.5) is 0 Å². The second-order valence-electron chi connectivity index (χ2n) is 15.0. The van der Waals surface area contributed by atoms with E-state index in [1.54, 1.807) is 0 Å². The van der Waals surface area contributed by atoms with Crippen LogP contribution >= 0.6 is 0 Å². The number of ether oxygens (including phenoxy) is 14. The van der Waals surface area contributed by atoms with E-state index >= 15 is 0 Å². The van der Waals surface area contributed by atoms with Gasteiger partial charge in [-0.1, -0.05) is 0 Å². The zero-order valence-corrected chi connectivity index (χ0v) is 36.1. The number of fused-ring (bicyclic) bond motifs is 1. The molecule has 0 radical (unpaired) electrons. The van der Waals surface area contributed by atoms with Crippen LogP contribution in [0.25, 0.3) is 0 Å². The number of aliphatic hydroxyl groups is 1. The Kier molecular flexibility index (Phi) is 17.0. The molecule has 24 nitrogen and oxygen atoms in total. The van der Waals surface area contributed by atoms with Crippen LogP contribution in [0.2, 0.25) is 0 Å². The van der Waals surface area contributed by atoms with E-state index in [2.05, 4.69) is 0 Å². The van der Waals surface area contributed by atoms with E-state index in [9.17, 15) is 48.3 Å². The van der Waals surface area contributed by atoms with Crippen LogP contribution < -0.4 is 0 Å². The zero-order chi connectivity index (χ0) is 47.1. The molecule has 24 heteroatoms. The molecule has 1 aliphatic carbocycles. The summed E-state index contributed by atoms with van der Waals surface area (Å²) in [6, 6.07) is 0. The number of hydrogen-bond acceptors (Lipinski definition) is 24. The third kappa shape index (κ3) is 12.6. The molecule has 0 aromatic rings. The normalized spacial score (nSPS) is 35.6. The molecule has 3 fully saturated rings. The first-order valence-electron chi connectivity index (χ1n) is 19.6. The van der Waals surface area contributed by atoms with Gasteiger partial charge in [0.1, 0.15) is 31.0 Å². The Labute approximate surface area is 360 Å². The summed E-state index contributed by atoms with van der Waals surface area (Å²) in [6.07, 6.45) is -18.4. The van der Waals surface area contributed by atoms with Gasteiger partial charge in [-0.3, -0.25) is 43.2 Å². The number of hydrogen-bond donors (Lipinski definition) is 1. The van der Waals surface area contributed by atoms with Crippen molar-refractivity contribution in [3.8, 4) is 0 Å². The number of carbonyl (C=O) groups is 9. The van der Waals surface area contributed by atoms with Crippen molar-refractivity contribution in [3.63, 3.8) is 0 Å². The van der Waals surface area contributed by atoms with Crippen LogP contribution in [0, 0.1) is 11.8 Å². The maximum absolute atomic E-state index is 12.8. The van der Waals surface area contributed by atoms with Gasteiger partial charge in [0.15, 0.2) is 49.0 Å². The lowest BCUT2D eigenvalue weighted by Crippen LogP contribution is -2.64. The van der Waals surface area contributed by atoms with Crippen molar-refractivity contribution in [2.45, 2.75) is 155 Å². The first-order chi connectivity index (χ1) is 29.4. The third-order valence-corrected chi connectivity index (χ3v) is 9.91. The average molecular weight is 905 g/mol. The highest BCUT2D eigenvalue weighted by Crippen LogP contribution is 2.51. The first-order valence-corrected chi connectivity index (χ1v) is 19.6. The van der Waals surface area contributed by atoms with Gasteiger partial charge in [-0.2, -0.15) is 0 Å². The first kappa shape index (κ1) is 50.2. The van der Waals surface area contributed by atoms with Gasteiger partial charge in [-0.15, -0.1) is 0 Å². The Morgan fingerprint density at radius 3 is 1.44 bits per heavy atom. The van der Waals surface area contributed by atoms with Crippen LogP contribution in [0.3, 0.4) is 0 Å². The van der Waals surface area contributed by atoms with E-state index in [1.807, 2.05) is 0 Å². The van der Waals surface area contributed by atoms with E-state index in [4.69, 9.17) is 66.3 Å². The van der Waals surface area contributed by atoms with Crippen molar-refractivity contribution in [1.82, 2.24) is 0 Å². The van der Waals surface area contributed by atoms with Crippen molar-refractivity contribution >= 4 is 53.7 Å². The summed E-state index contributed by atoms with van der Waals surface area (Å²) in [5, 5.41) is 12.7. The lowest BCUT2D eigenvalue weighted by molar-refractivity contribution is -0.350. The highest BCUT2D eigenvalue weighted by Gasteiger charge is 2.68. The molecule has 0 aromatic heterocycles. The topological polar surface area (TPSA) is 303 Å². The molecule has 0 bridgehead atoms. The smallest absolute Gasteiger partial charge is 0.303 e. The Morgan fingerprint density at radius 1 is 0.508 bits per heavy atom. The fourth-order valence-corrected chi connectivity index (χ4v) is 7.85. The number of rotatable bonds is 15. The summed E-state index contributed by atoms with van der Waals surface area (Å²) in [5.41, 5.74) is -2.53. The summed E-state index contributed by atoms with van der Waals surface area (Å²) in [7, 11) is 0. The van der Waals surface area contributed by atoms with E-state index in [0.29, 0.717) is 0 Å². The second-order valence-corrected chi connectivity index (χ2v) is 15.0. The SMILES string of the molecule is CC(=O)OC[C@H]1O[C@@H](O[C@@H]2OC=C[C@H]3[C@H](O[C@@H]4O[C@@H](C)[C@H](OC(C)=O)[C@@H](OC(C)=O)[C@H]4OC(C)=O)[C@H](OC(C)=O)[C@](O)(COC(C)=O)[C@@H]23)[C@H](OC(C)=O)[C@@H](OC(C)=O)[C@@H]1OC(C)=O. The predicted molar refractivity (Wildman–Crippen MR) is 197 cm³/mol. The van der Waals surface area contributed by atoms with Crippen LogP contribution in [0.1, 0.15) is 69.2 Å². The van der Waals surface area contributed by atoms with Crippen LogP contribution in [-0.2, 0) is 109 Å². The molecule has 3 aliphatic heterocycles. The summed E-state index contributed by atoms with van der Waals surface area (Å²) < 4.78 is 79.8. The van der Waals surface area contributed by atoms with Gasteiger partial charge >= 0.3 is 53.7 Å². The minimum atomic E-state index is -2.53. The van der Waals surface area contributed by atoms with E-state index in [1.165, 1.54) is 13.0 Å². The molecular weight excluding hydrogens is 852 g/mol. The van der Waals surface area contributed by atoms with Gasteiger partial charge in [0.25, 0.3) is 0 Å². The molecule has 3 heterocycles. The van der Waals surface area contributed by atoms with Crippen LogP contribution in [-0.4, -0.2) is 158 Å².